The van der Waals surface area contributed by atoms with Crippen molar-refractivity contribution in [3.05, 3.63) is 0 Å². The first-order chi connectivity index (χ1) is 7.57. The average molecular weight is 226 g/mol. The number of carbonyl (C=O) groups excluding carboxylic acids is 1. The number of carbonyl (C=O) groups is 1. The second-order valence-corrected chi connectivity index (χ2v) is 5.36. The van der Waals surface area contributed by atoms with Gasteiger partial charge in [-0.05, 0) is 39.0 Å². The van der Waals surface area contributed by atoms with Crippen molar-refractivity contribution >= 4 is 5.91 Å². The third-order valence-electron chi connectivity index (χ3n) is 3.71. The van der Waals surface area contributed by atoms with Gasteiger partial charge in [0.25, 0.3) is 0 Å². The fourth-order valence-corrected chi connectivity index (χ4v) is 2.54. The summed E-state index contributed by atoms with van der Waals surface area (Å²) in [6.45, 7) is 2.80. The lowest BCUT2D eigenvalue weighted by molar-refractivity contribution is -0.124. The predicted molar refractivity (Wildman–Crippen MR) is 62.0 cm³/mol. The van der Waals surface area contributed by atoms with Gasteiger partial charge in [0.05, 0.1) is 6.10 Å². The molecule has 4 heteroatoms. The predicted octanol–water partition coefficient (Wildman–Crippen LogP) is 0.942. The van der Waals surface area contributed by atoms with E-state index in [1.54, 1.807) is 0 Å². The Bertz CT molecular complexity index is 264. The number of rotatable bonds is 3. The topological polar surface area (TPSA) is 64.4 Å². The molecule has 1 aliphatic heterocycles. The lowest BCUT2D eigenvalue weighted by Gasteiger charge is -2.38. The number of nitrogens with two attached hydrogens (primary N) is 1. The fourth-order valence-electron chi connectivity index (χ4n) is 2.54. The van der Waals surface area contributed by atoms with Crippen LogP contribution in [0.25, 0.3) is 0 Å². The van der Waals surface area contributed by atoms with Gasteiger partial charge in [-0.3, -0.25) is 4.79 Å². The quantitative estimate of drug-likeness (QED) is 0.753. The van der Waals surface area contributed by atoms with Gasteiger partial charge in [-0.1, -0.05) is 0 Å². The second kappa shape index (κ2) is 4.72. The Morgan fingerprint density at radius 2 is 2.31 bits per heavy atom. The van der Waals surface area contributed by atoms with Gasteiger partial charge in [0.2, 0.25) is 5.91 Å². The summed E-state index contributed by atoms with van der Waals surface area (Å²) in [4.78, 5) is 11.8. The Kier molecular flexibility index (Phi) is 3.50. The highest BCUT2D eigenvalue weighted by atomic mass is 16.5. The van der Waals surface area contributed by atoms with E-state index in [1.165, 1.54) is 0 Å². The molecular weight excluding hydrogens is 204 g/mol. The minimum absolute atomic E-state index is 0.112. The van der Waals surface area contributed by atoms with Gasteiger partial charge >= 0.3 is 0 Å². The Morgan fingerprint density at radius 3 is 2.88 bits per heavy atom. The van der Waals surface area contributed by atoms with E-state index in [9.17, 15) is 4.79 Å². The van der Waals surface area contributed by atoms with E-state index < -0.39 is 0 Å². The molecule has 2 fully saturated rings. The smallest absolute Gasteiger partial charge is 0.222 e. The summed E-state index contributed by atoms with van der Waals surface area (Å²) in [7, 11) is 0. The summed E-state index contributed by atoms with van der Waals surface area (Å²) >= 11 is 0. The van der Waals surface area contributed by atoms with Crippen molar-refractivity contribution in [2.45, 2.75) is 63.1 Å². The van der Waals surface area contributed by atoms with Gasteiger partial charge in [0, 0.05) is 24.6 Å². The first kappa shape index (κ1) is 11.9. The molecule has 2 rings (SSSR count). The van der Waals surface area contributed by atoms with Crippen molar-refractivity contribution in [1.29, 1.82) is 0 Å². The lowest BCUT2D eigenvalue weighted by Crippen LogP contribution is -2.51. The maximum atomic E-state index is 11.8. The van der Waals surface area contributed by atoms with Crippen molar-refractivity contribution in [1.82, 2.24) is 5.32 Å². The van der Waals surface area contributed by atoms with Gasteiger partial charge in [0.1, 0.15) is 0 Å². The molecule has 1 amide bonds. The van der Waals surface area contributed by atoms with Gasteiger partial charge in [-0.25, -0.2) is 0 Å². The number of ether oxygens (including phenoxy) is 1. The molecule has 16 heavy (non-hydrogen) atoms. The summed E-state index contributed by atoms with van der Waals surface area (Å²) in [6.07, 6.45) is 5.73. The highest BCUT2D eigenvalue weighted by Crippen LogP contribution is 2.32. The number of hydrogen-bond donors (Lipinski definition) is 2. The van der Waals surface area contributed by atoms with E-state index in [0.29, 0.717) is 6.42 Å². The van der Waals surface area contributed by atoms with Gasteiger partial charge < -0.3 is 15.8 Å². The van der Waals surface area contributed by atoms with Crippen LogP contribution in [-0.2, 0) is 9.53 Å². The normalized spacial score (nSPS) is 32.9. The average Bonchev–Trinajstić information content (AvgIpc) is 2.15. The second-order valence-electron chi connectivity index (χ2n) is 5.36. The van der Waals surface area contributed by atoms with Crippen molar-refractivity contribution in [2.24, 2.45) is 5.73 Å². The Balaban J connectivity index is 1.74. The van der Waals surface area contributed by atoms with Gasteiger partial charge in [-0.15, -0.1) is 0 Å². The van der Waals surface area contributed by atoms with Crippen LogP contribution in [0.5, 0.6) is 0 Å². The summed E-state index contributed by atoms with van der Waals surface area (Å²) in [6, 6.07) is 0.278. The highest BCUT2D eigenvalue weighted by molar-refractivity contribution is 5.77. The van der Waals surface area contributed by atoms with E-state index >= 15 is 0 Å². The molecule has 92 valence electrons. The molecule has 1 heterocycles. The zero-order valence-electron chi connectivity index (χ0n) is 10.00. The van der Waals surface area contributed by atoms with Crippen LogP contribution < -0.4 is 11.1 Å². The first-order valence-corrected chi connectivity index (χ1v) is 6.27. The number of amides is 1. The third kappa shape index (κ3) is 2.95. The molecule has 4 nitrogen and oxygen atoms in total. The van der Waals surface area contributed by atoms with Crippen molar-refractivity contribution in [3.8, 4) is 0 Å². The zero-order chi connectivity index (χ0) is 11.6. The molecular formula is C12H22N2O2. The Hall–Kier alpha value is -0.610. The minimum atomic E-state index is -0.207. The van der Waals surface area contributed by atoms with E-state index in [2.05, 4.69) is 12.2 Å². The number of nitrogens with one attached hydrogen (secondary N) is 1. The van der Waals surface area contributed by atoms with Crippen molar-refractivity contribution in [3.63, 3.8) is 0 Å². The van der Waals surface area contributed by atoms with Gasteiger partial charge in [-0.2, -0.15) is 0 Å². The van der Waals surface area contributed by atoms with Crippen LogP contribution >= 0.6 is 0 Å². The largest absolute Gasteiger partial charge is 0.378 e. The van der Waals surface area contributed by atoms with Crippen molar-refractivity contribution < 1.29 is 9.53 Å². The van der Waals surface area contributed by atoms with E-state index in [-0.39, 0.29) is 23.6 Å². The van der Waals surface area contributed by atoms with E-state index in [1.807, 2.05) is 0 Å². The lowest BCUT2D eigenvalue weighted by atomic mass is 9.75. The molecule has 2 atom stereocenters. The van der Waals surface area contributed by atoms with E-state index in [4.69, 9.17) is 10.5 Å². The maximum Gasteiger partial charge on any atom is 0.222 e. The molecule has 1 saturated carbocycles. The highest BCUT2D eigenvalue weighted by Gasteiger charge is 2.35. The third-order valence-corrected chi connectivity index (χ3v) is 3.71. The summed E-state index contributed by atoms with van der Waals surface area (Å²) < 4.78 is 5.45. The molecule has 2 unspecified atom stereocenters. The molecule has 0 spiro atoms. The minimum Gasteiger partial charge on any atom is -0.378 e. The van der Waals surface area contributed by atoms with Crippen LogP contribution in [0.15, 0.2) is 0 Å². The van der Waals surface area contributed by atoms with Crippen LogP contribution in [0.4, 0.5) is 0 Å². The molecule has 2 aliphatic rings. The standard InChI is InChI=1S/C12H22N2O2/c1-9-7-10(3-6-16-9)14-11(15)8-12(13)4-2-5-12/h9-10H,2-8,13H2,1H3,(H,14,15). The fraction of sp³-hybridized carbons (Fsp3) is 0.917. The Labute approximate surface area is 96.9 Å². The van der Waals surface area contributed by atoms with E-state index in [0.717, 1.165) is 38.7 Å². The monoisotopic (exact) mass is 226 g/mol. The molecule has 0 aromatic heterocycles. The summed E-state index contributed by atoms with van der Waals surface area (Å²) in [5.74, 6) is 0.112. The van der Waals surface area contributed by atoms with Crippen LogP contribution in [0.3, 0.4) is 0 Å². The van der Waals surface area contributed by atoms with Crippen LogP contribution in [0.1, 0.15) is 45.4 Å². The molecule has 0 bridgehead atoms. The first-order valence-electron chi connectivity index (χ1n) is 6.27. The molecule has 1 saturated heterocycles. The number of hydrogen-bond acceptors (Lipinski definition) is 3. The van der Waals surface area contributed by atoms with Crippen LogP contribution in [0, 0.1) is 0 Å². The summed E-state index contributed by atoms with van der Waals surface area (Å²) in [5, 5.41) is 3.07. The van der Waals surface area contributed by atoms with Gasteiger partial charge in [0.15, 0.2) is 0 Å². The molecule has 3 N–H and O–H groups in total. The van der Waals surface area contributed by atoms with Crippen LogP contribution in [-0.4, -0.2) is 30.2 Å². The molecule has 1 aliphatic carbocycles. The van der Waals surface area contributed by atoms with Crippen LogP contribution in [0.2, 0.25) is 0 Å². The Morgan fingerprint density at radius 1 is 1.56 bits per heavy atom. The van der Waals surface area contributed by atoms with Crippen molar-refractivity contribution in [2.75, 3.05) is 6.61 Å². The zero-order valence-corrected chi connectivity index (χ0v) is 10.00. The summed E-state index contributed by atoms with van der Waals surface area (Å²) in [5.41, 5.74) is 5.84. The molecule has 0 radical (unpaired) electrons. The SMILES string of the molecule is CC1CC(NC(=O)CC2(N)CCC2)CCO1. The molecule has 0 aromatic carbocycles. The molecule has 0 aromatic rings. The maximum absolute atomic E-state index is 11.8.